The summed E-state index contributed by atoms with van der Waals surface area (Å²) in [5, 5.41) is 0. The highest BCUT2D eigenvalue weighted by Crippen LogP contribution is 2.32. The normalized spacial score (nSPS) is 14.0. The van der Waals surface area contributed by atoms with E-state index in [0.717, 1.165) is 0 Å². The largest absolute Gasteiger partial charge is 0.490 e. The maximum Gasteiger partial charge on any atom is 0.340 e. The average molecular weight is 562 g/mol. The molecule has 39 heavy (non-hydrogen) atoms. The van der Waals surface area contributed by atoms with E-state index in [1.54, 1.807) is 50.2 Å². The lowest BCUT2D eigenvalue weighted by atomic mass is 9.96. The van der Waals surface area contributed by atoms with Crippen molar-refractivity contribution in [2.45, 2.75) is 45.3 Å². The predicted octanol–water partition coefficient (Wildman–Crippen LogP) is 2.76. The van der Waals surface area contributed by atoms with Crippen molar-refractivity contribution in [2.75, 3.05) is 38.3 Å². The Labute approximate surface area is 228 Å². The Balaban J connectivity index is 1.68. The maximum absolute atomic E-state index is 12.8. The van der Waals surface area contributed by atoms with E-state index in [0.29, 0.717) is 55.2 Å². The molecule has 3 rings (SSSR count). The predicted molar refractivity (Wildman–Crippen MR) is 144 cm³/mol. The summed E-state index contributed by atoms with van der Waals surface area (Å²) in [6, 6.07) is 10.3. The maximum atomic E-state index is 12.8. The molecule has 1 fully saturated rings. The van der Waals surface area contributed by atoms with Crippen LogP contribution in [0, 0.1) is 12.8 Å². The van der Waals surface area contributed by atoms with Crippen LogP contribution in [0.25, 0.3) is 0 Å². The number of methoxy groups -OCH3 is 1. The van der Waals surface area contributed by atoms with Crippen molar-refractivity contribution >= 4 is 33.7 Å². The third-order valence-electron chi connectivity index (χ3n) is 6.29. The van der Waals surface area contributed by atoms with Crippen LogP contribution in [-0.4, -0.2) is 64.7 Å². The van der Waals surface area contributed by atoms with Gasteiger partial charge in [-0.1, -0.05) is 30.3 Å². The van der Waals surface area contributed by atoms with Crippen molar-refractivity contribution in [1.82, 2.24) is 9.71 Å². The Morgan fingerprint density at radius 3 is 2.46 bits per heavy atom. The molecular weight excluding hydrogens is 526 g/mol. The zero-order chi connectivity index (χ0) is 28.4. The number of amides is 1. The van der Waals surface area contributed by atoms with E-state index in [1.165, 1.54) is 7.11 Å². The van der Waals surface area contributed by atoms with Gasteiger partial charge in [-0.3, -0.25) is 14.3 Å². The Kier molecular flexibility index (Phi) is 10.7. The number of piperidine rings is 1. The number of benzene rings is 1. The van der Waals surface area contributed by atoms with Crippen molar-refractivity contribution in [3.63, 3.8) is 0 Å². The van der Waals surface area contributed by atoms with Crippen molar-refractivity contribution in [3.8, 4) is 5.75 Å². The lowest BCUT2D eigenvalue weighted by Crippen LogP contribution is -2.43. The summed E-state index contributed by atoms with van der Waals surface area (Å²) in [4.78, 5) is 43.2. The summed E-state index contributed by atoms with van der Waals surface area (Å²) in [7, 11) is -2.50. The second-order valence-electron chi connectivity index (χ2n) is 9.16. The Morgan fingerprint density at radius 1 is 1.13 bits per heavy atom. The van der Waals surface area contributed by atoms with E-state index in [1.807, 2.05) is 4.90 Å². The molecule has 0 radical (unpaired) electrons. The molecule has 11 nitrogen and oxygen atoms in total. The van der Waals surface area contributed by atoms with E-state index in [9.17, 15) is 22.8 Å². The molecule has 1 aromatic carbocycles. The van der Waals surface area contributed by atoms with E-state index < -0.39 is 27.8 Å². The Bertz CT molecular complexity index is 1260. The first-order chi connectivity index (χ1) is 18.6. The zero-order valence-corrected chi connectivity index (χ0v) is 23.3. The summed E-state index contributed by atoms with van der Waals surface area (Å²) in [5.41, 5.74) is 1.35. The summed E-state index contributed by atoms with van der Waals surface area (Å²) in [5.74, 6) is -1.26. The number of nitrogens with one attached hydrogen (secondary N) is 1. The minimum atomic E-state index is -3.82. The Hall–Kier alpha value is -3.67. The summed E-state index contributed by atoms with van der Waals surface area (Å²) >= 11 is 0. The number of aromatic nitrogens is 1. The van der Waals surface area contributed by atoms with Crippen LogP contribution in [0.1, 0.15) is 54.2 Å². The van der Waals surface area contributed by atoms with Crippen molar-refractivity contribution in [1.29, 1.82) is 0 Å². The molecule has 1 amide bonds. The van der Waals surface area contributed by atoms with Gasteiger partial charge in [0.2, 0.25) is 15.9 Å². The molecule has 0 unspecified atom stereocenters. The van der Waals surface area contributed by atoms with Gasteiger partial charge in [0.05, 0.1) is 37.3 Å². The van der Waals surface area contributed by atoms with Gasteiger partial charge in [-0.2, -0.15) is 0 Å². The van der Waals surface area contributed by atoms with Gasteiger partial charge in [-0.25, -0.2) is 18.2 Å². The topological polar surface area (TPSA) is 141 Å². The van der Waals surface area contributed by atoms with Crippen molar-refractivity contribution in [2.24, 2.45) is 5.92 Å². The number of hydrogen-bond acceptors (Lipinski definition) is 10. The van der Waals surface area contributed by atoms with Crippen LogP contribution in [0.2, 0.25) is 0 Å². The van der Waals surface area contributed by atoms with Crippen molar-refractivity contribution < 1.29 is 37.0 Å². The fourth-order valence-corrected chi connectivity index (χ4v) is 5.42. The minimum absolute atomic E-state index is 0.184. The molecule has 1 aliphatic heterocycles. The molecule has 1 saturated heterocycles. The van der Waals surface area contributed by atoms with E-state index in [2.05, 4.69) is 14.4 Å². The quantitative estimate of drug-likeness (QED) is 0.304. The number of esters is 2. The zero-order valence-electron chi connectivity index (χ0n) is 22.5. The molecule has 2 heterocycles. The number of pyridine rings is 1. The fraction of sp³-hybridized carbons (Fsp3) is 0.481. The molecule has 1 aromatic heterocycles. The van der Waals surface area contributed by atoms with Crippen LogP contribution in [-0.2, 0) is 34.8 Å². The molecular formula is C27H35N3O8S. The van der Waals surface area contributed by atoms with Gasteiger partial charge in [0.1, 0.15) is 0 Å². The minimum Gasteiger partial charge on any atom is -0.490 e. The SMILES string of the molecule is CCOC(=O)c1cc(OCCCC(=O)OC)c(N2CCC(C(=O)NS(=O)(=O)Cc3ccccc3)CC2)nc1C. The number of nitrogens with zero attached hydrogens (tertiary/aromatic N) is 2. The molecule has 0 spiro atoms. The first-order valence-electron chi connectivity index (χ1n) is 12.8. The number of rotatable bonds is 12. The first-order valence-corrected chi connectivity index (χ1v) is 14.5. The van der Waals surface area contributed by atoms with Crippen LogP contribution >= 0.6 is 0 Å². The summed E-state index contributed by atoms with van der Waals surface area (Å²) in [6.07, 6.45) is 1.42. The molecule has 1 N–H and O–H groups in total. The van der Waals surface area contributed by atoms with Gasteiger partial charge >= 0.3 is 11.9 Å². The number of hydrogen-bond donors (Lipinski definition) is 1. The molecule has 0 saturated carbocycles. The molecule has 2 aromatic rings. The van der Waals surface area contributed by atoms with Gasteiger partial charge in [0, 0.05) is 31.5 Å². The van der Waals surface area contributed by atoms with Gasteiger partial charge in [-0.15, -0.1) is 0 Å². The smallest absolute Gasteiger partial charge is 0.340 e. The second-order valence-corrected chi connectivity index (χ2v) is 10.9. The molecule has 0 aliphatic carbocycles. The van der Waals surface area contributed by atoms with Crippen LogP contribution in [0.15, 0.2) is 36.4 Å². The number of carbonyl (C=O) groups excluding carboxylic acids is 3. The van der Waals surface area contributed by atoms with Crippen molar-refractivity contribution in [3.05, 3.63) is 53.2 Å². The third-order valence-corrected chi connectivity index (χ3v) is 7.51. The van der Waals surface area contributed by atoms with E-state index >= 15 is 0 Å². The van der Waals surface area contributed by atoms with Gasteiger partial charge < -0.3 is 19.1 Å². The lowest BCUT2D eigenvalue weighted by Gasteiger charge is -2.33. The van der Waals surface area contributed by atoms with Crippen LogP contribution in [0.4, 0.5) is 5.82 Å². The highest BCUT2D eigenvalue weighted by Gasteiger charge is 2.30. The number of sulfonamides is 1. The highest BCUT2D eigenvalue weighted by atomic mass is 32.2. The fourth-order valence-electron chi connectivity index (χ4n) is 4.24. The van der Waals surface area contributed by atoms with Gasteiger partial charge in [0.25, 0.3) is 0 Å². The standard InChI is InChI=1S/C27H35N3O8S/c1-4-37-27(33)22-17-23(38-16-8-11-24(31)36-3)25(28-19(22)2)30-14-12-21(13-15-30)26(32)29-39(34,35)18-20-9-6-5-7-10-20/h5-7,9-10,17,21H,4,8,11-16,18H2,1-3H3,(H,29,32). The molecule has 0 bridgehead atoms. The Morgan fingerprint density at radius 2 is 1.82 bits per heavy atom. The second kappa shape index (κ2) is 13.9. The van der Waals surface area contributed by atoms with Gasteiger partial charge in [-0.05, 0) is 38.7 Å². The van der Waals surface area contributed by atoms with Crippen LogP contribution < -0.4 is 14.4 Å². The first kappa shape index (κ1) is 29.9. The lowest BCUT2D eigenvalue weighted by molar-refractivity contribution is -0.140. The van der Waals surface area contributed by atoms with Crippen LogP contribution in [0.3, 0.4) is 0 Å². The third kappa shape index (κ3) is 8.67. The van der Waals surface area contributed by atoms with Gasteiger partial charge in [0.15, 0.2) is 11.6 Å². The number of anilines is 1. The molecule has 0 atom stereocenters. The molecule has 12 heteroatoms. The van der Waals surface area contributed by atoms with Crippen LogP contribution in [0.5, 0.6) is 5.75 Å². The summed E-state index contributed by atoms with van der Waals surface area (Å²) < 4.78 is 42.9. The highest BCUT2D eigenvalue weighted by molar-refractivity contribution is 7.89. The van der Waals surface area contributed by atoms with E-state index in [4.69, 9.17) is 9.47 Å². The number of carbonyl (C=O) groups is 3. The number of ether oxygens (including phenoxy) is 3. The monoisotopic (exact) mass is 561 g/mol. The molecule has 1 aliphatic rings. The number of aryl methyl sites for hydroxylation is 1. The van der Waals surface area contributed by atoms with E-state index in [-0.39, 0.29) is 36.9 Å². The molecule has 212 valence electrons. The summed E-state index contributed by atoms with van der Waals surface area (Å²) in [6.45, 7) is 4.70. The average Bonchev–Trinajstić information content (AvgIpc) is 2.91.